The van der Waals surface area contributed by atoms with E-state index in [9.17, 15) is 8.42 Å². The summed E-state index contributed by atoms with van der Waals surface area (Å²) in [4.78, 5) is 0. The third-order valence-corrected chi connectivity index (χ3v) is 5.18. The zero-order valence-electron chi connectivity index (χ0n) is 13.3. The number of hydrogen-bond acceptors (Lipinski definition) is 5. The van der Waals surface area contributed by atoms with E-state index in [0.29, 0.717) is 11.5 Å². The van der Waals surface area contributed by atoms with Gasteiger partial charge in [0.2, 0.25) is 0 Å². The van der Waals surface area contributed by atoms with Gasteiger partial charge in [-0.2, -0.15) is 0 Å². The van der Waals surface area contributed by atoms with Crippen molar-refractivity contribution >= 4 is 9.84 Å². The fourth-order valence-electron chi connectivity index (χ4n) is 2.25. The molecule has 1 aromatic rings. The minimum Gasteiger partial charge on any atom is -0.493 e. The third kappa shape index (κ3) is 5.21. The maximum atomic E-state index is 12.2. The van der Waals surface area contributed by atoms with Crippen LogP contribution in [0.3, 0.4) is 0 Å². The first-order chi connectivity index (χ1) is 9.82. The van der Waals surface area contributed by atoms with Crippen LogP contribution < -0.4 is 14.8 Å². The first-order valence-electron chi connectivity index (χ1n) is 6.92. The molecule has 21 heavy (non-hydrogen) atoms. The molecule has 0 radical (unpaired) electrons. The highest BCUT2D eigenvalue weighted by molar-refractivity contribution is 7.91. The van der Waals surface area contributed by atoms with Crippen LogP contribution in [0.15, 0.2) is 18.2 Å². The second-order valence-electron chi connectivity index (χ2n) is 5.43. The van der Waals surface area contributed by atoms with Crippen molar-refractivity contribution in [1.29, 1.82) is 0 Å². The highest BCUT2D eigenvalue weighted by Gasteiger charge is 2.21. The summed E-state index contributed by atoms with van der Waals surface area (Å²) in [6.07, 6.45) is 0. The molecule has 0 fully saturated rings. The first kappa shape index (κ1) is 17.8. The normalized spacial score (nSPS) is 13.2. The van der Waals surface area contributed by atoms with Gasteiger partial charge in [-0.25, -0.2) is 8.42 Å². The average Bonchev–Trinajstić information content (AvgIpc) is 2.42. The number of benzene rings is 1. The van der Waals surface area contributed by atoms with Gasteiger partial charge in [-0.15, -0.1) is 0 Å². The highest BCUT2D eigenvalue weighted by atomic mass is 32.2. The fraction of sp³-hybridized carbons (Fsp3) is 0.600. The Labute approximate surface area is 127 Å². The number of nitrogens with one attached hydrogen (secondary N) is 1. The van der Waals surface area contributed by atoms with E-state index in [4.69, 9.17) is 9.47 Å². The zero-order chi connectivity index (χ0) is 16.0. The number of ether oxygens (including phenoxy) is 2. The van der Waals surface area contributed by atoms with Gasteiger partial charge in [0.15, 0.2) is 21.3 Å². The second-order valence-corrected chi connectivity index (χ2v) is 7.58. The van der Waals surface area contributed by atoms with Crippen LogP contribution in [0.25, 0.3) is 0 Å². The monoisotopic (exact) mass is 315 g/mol. The molecular weight excluding hydrogens is 290 g/mol. The van der Waals surface area contributed by atoms with Crippen LogP contribution >= 0.6 is 0 Å². The lowest BCUT2D eigenvalue weighted by atomic mass is 10.1. The van der Waals surface area contributed by atoms with Crippen LogP contribution in [-0.2, 0) is 9.84 Å². The van der Waals surface area contributed by atoms with Crippen LogP contribution in [-0.4, -0.2) is 41.2 Å². The Morgan fingerprint density at radius 1 is 1.10 bits per heavy atom. The lowest BCUT2D eigenvalue weighted by Gasteiger charge is -2.19. The van der Waals surface area contributed by atoms with Gasteiger partial charge in [-0.3, -0.25) is 0 Å². The molecule has 1 aromatic carbocycles. The molecule has 0 spiro atoms. The van der Waals surface area contributed by atoms with E-state index in [1.54, 1.807) is 27.3 Å². The van der Waals surface area contributed by atoms with Gasteiger partial charge in [0.05, 0.1) is 25.7 Å². The summed E-state index contributed by atoms with van der Waals surface area (Å²) in [5.74, 6) is 1.60. The molecule has 1 rings (SSSR count). The van der Waals surface area contributed by atoms with Gasteiger partial charge in [0.1, 0.15) is 0 Å². The summed E-state index contributed by atoms with van der Waals surface area (Å²) in [5.41, 5.74) is 0.863. The molecule has 1 atom stereocenters. The molecule has 0 aliphatic rings. The molecule has 0 bridgehead atoms. The summed E-state index contributed by atoms with van der Waals surface area (Å²) >= 11 is 0. The summed E-state index contributed by atoms with van der Waals surface area (Å²) in [6.45, 7) is 3.81. The lowest BCUT2D eigenvalue weighted by molar-refractivity contribution is 0.354. The largest absolute Gasteiger partial charge is 0.493 e. The van der Waals surface area contributed by atoms with E-state index in [2.05, 4.69) is 5.32 Å². The fourth-order valence-corrected chi connectivity index (χ4v) is 4.26. The van der Waals surface area contributed by atoms with E-state index < -0.39 is 9.84 Å². The van der Waals surface area contributed by atoms with Crippen LogP contribution in [0.5, 0.6) is 11.5 Å². The van der Waals surface area contributed by atoms with Crippen molar-refractivity contribution in [3.05, 3.63) is 23.8 Å². The van der Waals surface area contributed by atoms with Crippen molar-refractivity contribution in [1.82, 2.24) is 5.32 Å². The third-order valence-electron chi connectivity index (χ3n) is 3.17. The molecule has 0 aliphatic heterocycles. The smallest absolute Gasteiger partial charge is 0.161 e. The highest BCUT2D eigenvalue weighted by Crippen LogP contribution is 2.30. The van der Waals surface area contributed by atoms with E-state index in [0.717, 1.165) is 5.56 Å². The van der Waals surface area contributed by atoms with Crippen LogP contribution in [0.1, 0.15) is 25.5 Å². The second kappa shape index (κ2) is 7.66. The molecule has 120 valence electrons. The number of sulfone groups is 1. The van der Waals surface area contributed by atoms with Gasteiger partial charge in [0, 0.05) is 6.04 Å². The standard InChI is InChI=1S/C15H25NO4S/c1-11(2)9-21(17,18)10-13(16-3)12-6-7-14(19-4)15(8-12)20-5/h6-8,11,13,16H,9-10H2,1-5H3. The molecule has 1 unspecified atom stereocenters. The SMILES string of the molecule is CNC(CS(=O)(=O)CC(C)C)c1ccc(OC)c(OC)c1. The summed E-state index contributed by atoms with van der Waals surface area (Å²) in [5, 5.41) is 3.06. The predicted molar refractivity (Wildman–Crippen MR) is 84.8 cm³/mol. The van der Waals surface area contributed by atoms with Gasteiger partial charge >= 0.3 is 0 Å². The van der Waals surface area contributed by atoms with Crippen molar-refractivity contribution < 1.29 is 17.9 Å². The quantitative estimate of drug-likeness (QED) is 0.795. The van der Waals surface area contributed by atoms with E-state index in [1.807, 2.05) is 26.0 Å². The Morgan fingerprint density at radius 3 is 2.19 bits per heavy atom. The zero-order valence-corrected chi connectivity index (χ0v) is 14.2. The number of hydrogen-bond donors (Lipinski definition) is 1. The molecule has 0 aromatic heterocycles. The van der Waals surface area contributed by atoms with Crippen molar-refractivity contribution in [3.8, 4) is 11.5 Å². The Bertz CT molecular complexity index is 555. The molecule has 5 nitrogen and oxygen atoms in total. The Morgan fingerprint density at radius 2 is 1.71 bits per heavy atom. The molecule has 0 heterocycles. The molecule has 1 N–H and O–H groups in total. The predicted octanol–water partition coefficient (Wildman–Crippen LogP) is 2.04. The minimum atomic E-state index is -3.11. The van der Waals surface area contributed by atoms with E-state index in [1.165, 1.54) is 0 Å². The summed E-state index contributed by atoms with van der Waals surface area (Å²) in [7, 11) is 1.78. The summed E-state index contributed by atoms with van der Waals surface area (Å²) < 4.78 is 34.8. The van der Waals surface area contributed by atoms with Crippen molar-refractivity contribution in [2.24, 2.45) is 5.92 Å². The average molecular weight is 315 g/mol. The first-order valence-corrected chi connectivity index (χ1v) is 8.74. The van der Waals surface area contributed by atoms with Crippen LogP contribution in [0, 0.1) is 5.92 Å². The van der Waals surface area contributed by atoms with E-state index >= 15 is 0 Å². The van der Waals surface area contributed by atoms with Crippen molar-refractivity contribution in [2.45, 2.75) is 19.9 Å². The molecule has 0 amide bonds. The molecule has 0 saturated carbocycles. The number of methoxy groups -OCH3 is 2. The molecule has 6 heteroatoms. The lowest BCUT2D eigenvalue weighted by Crippen LogP contribution is -2.27. The number of rotatable bonds is 8. The van der Waals surface area contributed by atoms with E-state index in [-0.39, 0.29) is 23.5 Å². The molecule has 0 saturated heterocycles. The minimum absolute atomic E-state index is 0.0666. The Balaban J connectivity index is 3.00. The van der Waals surface area contributed by atoms with Crippen LogP contribution in [0.4, 0.5) is 0 Å². The van der Waals surface area contributed by atoms with Crippen LogP contribution in [0.2, 0.25) is 0 Å². The van der Waals surface area contributed by atoms with Gasteiger partial charge in [-0.05, 0) is 30.7 Å². The van der Waals surface area contributed by atoms with Gasteiger partial charge < -0.3 is 14.8 Å². The van der Waals surface area contributed by atoms with Gasteiger partial charge in [-0.1, -0.05) is 19.9 Å². The summed E-state index contributed by atoms with van der Waals surface area (Å²) in [6, 6.07) is 5.18. The molecular formula is C15H25NO4S. The topological polar surface area (TPSA) is 64.6 Å². The Kier molecular flexibility index (Phi) is 6.48. The maximum Gasteiger partial charge on any atom is 0.161 e. The Hall–Kier alpha value is -1.27. The molecule has 0 aliphatic carbocycles. The van der Waals surface area contributed by atoms with Gasteiger partial charge in [0.25, 0.3) is 0 Å². The van der Waals surface area contributed by atoms with Crippen molar-refractivity contribution in [3.63, 3.8) is 0 Å². The maximum absolute atomic E-state index is 12.2. The van der Waals surface area contributed by atoms with Crippen molar-refractivity contribution in [2.75, 3.05) is 32.8 Å².